The van der Waals surface area contributed by atoms with Gasteiger partial charge in [0.15, 0.2) is 0 Å². The largest absolute Gasteiger partial charge is 0.508 e. The highest BCUT2D eigenvalue weighted by Crippen LogP contribution is 2.28. The van der Waals surface area contributed by atoms with Gasteiger partial charge in [0.25, 0.3) is 0 Å². The molecule has 0 aliphatic heterocycles. The van der Waals surface area contributed by atoms with E-state index < -0.39 is 0 Å². The molecule has 0 saturated heterocycles. The van der Waals surface area contributed by atoms with Crippen molar-refractivity contribution in [3.05, 3.63) is 42.7 Å². The number of nitrogens with one attached hydrogen (secondary N) is 1. The van der Waals surface area contributed by atoms with E-state index in [1.165, 1.54) is 6.07 Å². The van der Waals surface area contributed by atoms with E-state index in [0.717, 1.165) is 11.3 Å². The van der Waals surface area contributed by atoms with Crippen LogP contribution in [0.25, 0.3) is 16.9 Å². The second-order valence-corrected chi connectivity index (χ2v) is 4.30. The van der Waals surface area contributed by atoms with Crippen LogP contribution in [0.5, 0.6) is 11.5 Å². The number of imidazole rings is 1. The summed E-state index contributed by atoms with van der Waals surface area (Å²) in [4.78, 5) is 4.47. The summed E-state index contributed by atoms with van der Waals surface area (Å²) in [5, 5.41) is 22.1. The third-order valence-electron chi connectivity index (χ3n) is 2.95. The molecule has 2 heterocycles. The van der Waals surface area contributed by atoms with Crippen LogP contribution in [0.4, 0.5) is 5.69 Å². The van der Waals surface area contributed by atoms with Crippen LogP contribution >= 0.6 is 0 Å². The molecule has 2 aromatic heterocycles. The summed E-state index contributed by atoms with van der Waals surface area (Å²) in [6.07, 6.45) is 3.75. The smallest absolute Gasteiger partial charge is 0.139 e. The summed E-state index contributed by atoms with van der Waals surface area (Å²) in [5.74, 6) is 0.0333. The van der Waals surface area contributed by atoms with E-state index >= 15 is 0 Å². The van der Waals surface area contributed by atoms with Gasteiger partial charge in [0, 0.05) is 42.8 Å². The maximum atomic E-state index is 9.51. The molecule has 0 aliphatic carbocycles. The summed E-state index contributed by atoms with van der Waals surface area (Å²) in [6.45, 7) is 0. The van der Waals surface area contributed by atoms with Crippen LogP contribution in [0.15, 0.2) is 42.7 Å². The molecule has 19 heavy (non-hydrogen) atoms. The minimum atomic E-state index is 0.0166. The second-order valence-electron chi connectivity index (χ2n) is 4.30. The van der Waals surface area contributed by atoms with Gasteiger partial charge in [-0.15, -0.1) is 0 Å². The van der Waals surface area contributed by atoms with Gasteiger partial charge in [0.2, 0.25) is 0 Å². The first kappa shape index (κ1) is 11.4. The zero-order chi connectivity index (χ0) is 13.4. The molecule has 0 spiro atoms. The fourth-order valence-corrected chi connectivity index (χ4v) is 2.02. The number of aromatic nitrogens is 2. The molecular formula is C14H13N3O2. The van der Waals surface area contributed by atoms with Gasteiger partial charge in [-0.05, 0) is 18.2 Å². The molecule has 0 radical (unpaired) electrons. The third kappa shape index (κ3) is 2.06. The van der Waals surface area contributed by atoms with E-state index in [4.69, 9.17) is 0 Å². The van der Waals surface area contributed by atoms with Crippen LogP contribution in [-0.4, -0.2) is 26.6 Å². The fraction of sp³-hybridized carbons (Fsp3) is 0.0714. The Morgan fingerprint density at radius 2 is 1.84 bits per heavy atom. The Morgan fingerprint density at radius 3 is 2.53 bits per heavy atom. The second kappa shape index (κ2) is 4.20. The molecule has 5 nitrogen and oxygen atoms in total. The van der Waals surface area contributed by atoms with Crippen LogP contribution in [0, 0.1) is 0 Å². The van der Waals surface area contributed by atoms with Crippen LogP contribution < -0.4 is 5.32 Å². The minimum absolute atomic E-state index is 0.0166. The first-order valence-electron chi connectivity index (χ1n) is 5.85. The van der Waals surface area contributed by atoms with E-state index in [0.29, 0.717) is 11.3 Å². The number of hydrogen-bond acceptors (Lipinski definition) is 4. The number of benzene rings is 1. The topological polar surface area (TPSA) is 69.8 Å². The minimum Gasteiger partial charge on any atom is -0.508 e. The molecule has 3 aromatic rings. The number of nitrogens with zero attached hydrogens (tertiary/aromatic N) is 2. The zero-order valence-corrected chi connectivity index (χ0v) is 10.3. The van der Waals surface area contributed by atoms with Crippen molar-refractivity contribution in [2.24, 2.45) is 0 Å². The highest BCUT2D eigenvalue weighted by atomic mass is 16.3. The number of aromatic hydroxyl groups is 2. The van der Waals surface area contributed by atoms with Crippen molar-refractivity contribution in [1.29, 1.82) is 0 Å². The quantitative estimate of drug-likeness (QED) is 0.658. The molecule has 0 aliphatic rings. The molecule has 3 N–H and O–H groups in total. The van der Waals surface area contributed by atoms with Gasteiger partial charge in [-0.25, -0.2) is 4.98 Å². The Kier molecular flexibility index (Phi) is 2.52. The lowest BCUT2D eigenvalue weighted by molar-refractivity contribution is 0.451. The zero-order valence-electron chi connectivity index (χ0n) is 10.3. The van der Waals surface area contributed by atoms with E-state index in [1.807, 2.05) is 36.0 Å². The monoisotopic (exact) mass is 255 g/mol. The highest BCUT2D eigenvalue weighted by molar-refractivity contribution is 5.67. The lowest BCUT2D eigenvalue weighted by atomic mass is 10.1. The van der Waals surface area contributed by atoms with Gasteiger partial charge in [-0.1, -0.05) is 0 Å². The Labute approximate surface area is 109 Å². The summed E-state index contributed by atoms with van der Waals surface area (Å²) < 4.78 is 1.89. The average Bonchev–Trinajstić information content (AvgIpc) is 2.80. The van der Waals surface area contributed by atoms with Crippen molar-refractivity contribution in [1.82, 2.24) is 9.38 Å². The number of phenols is 2. The Hall–Kier alpha value is -2.69. The summed E-state index contributed by atoms with van der Waals surface area (Å²) >= 11 is 0. The van der Waals surface area contributed by atoms with Gasteiger partial charge in [-0.2, -0.15) is 0 Å². The van der Waals surface area contributed by atoms with Crippen molar-refractivity contribution in [3.63, 3.8) is 0 Å². The normalized spacial score (nSPS) is 10.8. The van der Waals surface area contributed by atoms with Crippen molar-refractivity contribution in [2.45, 2.75) is 0 Å². The molecular weight excluding hydrogens is 242 g/mol. The first-order valence-corrected chi connectivity index (χ1v) is 5.85. The van der Waals surface area contributed by atoms with Gasteiger partial charge in [0.05, 0.1) is 5.69 Å². The predicted molar refractivity (Wildman–Crippen MR) is 73.5 cm³/mol. The van der Waals surface area contributed by atoms with E-state index in [2.05, 4.69) is 10.3 Å². The Bertz CT molecular complexity index is 729. The Morgan fingerprint density at radius 1 is 1.11 bits per heavy atom. The summed E-state index contributed by atoms with van der Waals surface area (Å²) in [6, 6.07) is 8.30. The molecule has 3 rings (SSSR count). The van der Waals surface area contributed by atoms with E-state index in [-0.39, 0.29) is 11.5 Å². The van der Waals surface area contributed by atoms with Gasteiger partial charge >= 0.3 is 0 Å². The SMILES string of the molecule is CNc1ccn2cc(-c3cc(O)cc(O)c3)nc2c1. The van der Waals surface area contributed by atoms with Gasteiger partial charge in [-0.3, -0.25) is 0 Å². The lowest BCUT2D eigenvalue weighted by Crippen LogP contribution is -1.89. The molecule has 0 bridgehead atoms. The van der Waals surface area contributed by atoms with Crippen LogP contribution in [-0.2, 0) is 0 Å². The molecule has 0 unspecified atom stereocenters. The molecule has 96 valence electrons. The molecule has 0 amide bonds. The van der Waals surface area contributed by atoms with Crippen LogP contribution in [0.1, 0.15) is 0 Å². The first-order chi connectivity index (χ1) is 9.15. The van der Waals surface area contributed by atoms with Gasteiger partial charge in [0.1, 0.15) is 17.1 Å². The molecule has 0 atom stereocenters. The van der Waals surface area contributed by atoms with Crippen LogP contribution in [0.3, 0.4) is 0 Å². The lowest BCUT2D eigenvalue weighted by Gasteiger charge is -1.99. The number of hydrogen-bond donors (Lipinski definition) is 3. The maximum Gasteiger partial charge on any atom is 0.139 e. The fourth-order valence-electron chi connectivity index (χ4n) is 2.02. The third-order valence-corrected chi connectivity index (χ3v) is 2.95. The van der Waals surface area contributed by atoms with E-state index in [1.54, 1.807) is 12.1 Å². The standard InChI is InChI=1S/C14H13N3O2/c1-15-10-2-3-17-8-13(16-14(17)6-10)9-4-11(18)7-12(19)5-9/h2-8,15,18-19H,1H3. The number of phenolic OH excluding ortho intramolecular Hbond substituents is 2. The molecule has 0 saturated carbocycles. The maximum absolute atomic E-state index is 9.51. The number of pyridine rings is 1. The van der Waals surface area contributed by atoms with Crippen molar-refractivity contribution in [3.8, 4) is 22.8 Å². The predicted octanol–water partition coefficient (Wildman–Crippen LogP) is 2.45. The average molecular weight is 255 g/mol. The molecule has 0 fully saturated rings. The van der Waals surface area contributed by atoms with E-state index in [9.17, 15) is 10.2 Å². The summed E-state index contributed by atoms with van der Waals surface area (Å²) in [7, 11) is 1.85. The molecule has 1 aromatic carbocycles. The Balaban J connectivity index is 2.14. The van der Waals surface area contributed by atoms with Crippen LogP contribution in [0.2, 0.25) is 0 Å². The number of fused-ring (bicyclic) bond motifs is 1. The number of anilines is 1. The molecule has 5 heteroatoms. The summed E-state index contributed by atoms with van der Waals surface area (Å²) in [5.41, 5.74) is 3.14. The van der Waals surface area contributed by atoms with Gasteiger partial charge < -0.3 is 19.9 Å². The highest BCUT2D eigenvalue weighted by Gasteiger charge is 2.07. The van der Waals surface area contributed by atoms with Crippen molar-refractivity contribution in [2.75, 3.05) is 12.4 Å². The number of rotatable bonds is 2. The van der Waals surface area contributed by atoms with Crippen molar-refractivity contribution < 1.29 is 10.2 Å². The van der Waals surface area contributed by atoms with Crippen molar-refractivity contribution >= 4 is 11.3 Å².